The highest BCUT2D eigenvalue weighted by Crippen LogP contribution is 2.43. The molecule has 3 fully saturated rings. The summed E-state index contributed by atoms with van der Waals surface area (Å²) in [5, 5.41) is 11.9. The lowest BCUT2D eigenvalue weighted by Gasteiger charge is -2.24. The van der Waals surface area contributed by atoms with E-state index in [-0.39, 0.29) is 28.7 Å². The van der Waals surface area contributed by atoms with Crippen LogP contribution in [0.4, 0.5) is 25.0 Å². The lowest BCUT2D eigenvalue weighted by molar-refractivity contribution is 0.143. The summed E-state index contributed by atoms with van der Waals surface area (Å²) < 4.78 is 37.1. The maximum Gasteiger partial charge on any atom is 0.511 e. The summed E-state index contributed by atoms with van der Waals surface area (Å²) >= 11 is 0. The molecule has 2 saturated heterocycles. The number of aromatic nitrogens is 1. The molecule has 0 bridgehead atoms. The quantitative estimate of drug-likeness (QED) is 0.517. The number of nitrogens with two attached hydrogens (primary N) is 1. The number of carbonyl (C=O) groups is 1. The Kier molecular flexibility index (Phi) is 4.35. The number of piperidine rings is 1. The highest BCUT2D eigenvalue weighted by molar-refractivity contribution is 5.96. The first-order valence-corrected chi connectivity index (χ1v) is 10.1. The monoisotopic (exact) mass is 420 g/mol. The fourth-order valence-electron chi connectivity index (χ4n) is 4.84. The van der Waals surface area contributed by atoms with Gasteiger partial charge in [0.2, 0.25) is 5.43 Å². The summed E-state index contributed by atoms with van der Waals surface area (Å²) in [7, 11) is 0. The third-order valence-corrected chi connectivity index (χ3v) is 6.38. The Morgan fingerprint density at radius 2 is 2.00 bits per heavy atom. The van der Waals surface area contributed by atoms with Gasteiger partial charge >= 0.3 is 6.16 Å². The minimum absolute atomic E-state index is 0.100. The third-order valence-electron chi connectivity index (χ3n) is 6.38. The molecule has 3 heterocycles. The van der Waals surface area contributed by atoms with Gasteiger partial charge in [0, 0.05) is 25.2 Å². The van der Waals surface area contributed by atoms with Gasteiger partial charge in [-0.25, -0.2) is 13.6 Å². The standard InChI is InChI=1S/C20H22F2N4O4/c21-14-16(23)13-17(26(10-3-4-10)8-12(19(13)27)30-20(28)29)15(22)18(14)25-6-9-2-1-5-24-11(9)7-25/h8-11,24H,1-7,23H2,(H,28,29)/t9-,11+/m0/s1. The Balaban J connectivity index is 1.72. The maximum absolute atomic E-state index is 15.8. The van der Waals surface area contributed by atoms with Crippen molar-refractivity contribution in [1.29, 1.82) is 0 Å². The van der Waals surface area contributed by atoms with Gasteiger partial charge in [0.25, 0.3) is 0 Å². The zero-order chi connectivity index (χ0) is 21.2. The third kappa shape index (κ3) is 2.89. The van der Waals surface area contributed by atoms with E-state index in [1.165, 1.54) is 10.8 Å². The molecule has 1 aromatic heterocycles. The average molecular weight is 420 g/mol. The predicted molar refractivity (Wildman–Crippen MR) is 106 cm³/mol. The molecular formula is C20H22F2N4O4. The molecule has 0 unspecified atom stereocenters. The number of halogens is 2. The van der Waals surface area contributed by atoms with Gasteiger partial charge in [-0.2, -0.15) is 0 Å². The van der Waals surface area contributed by atoms with Crippen LogP contribution in [0.2, 0.25) is 0 Å². The van der Waals surface area contributed by atoms with Gasteiger partial charge in [0.1, 0.15) is 5.69 Å². The number of nitrogen functional groups attached to an aromatic ring is 1. The first-order chi connectivity index (χ1) is 14.4. The normalized spacial score (nSPS) is 23.6. The van der Waals surface area contributed by atoms with Crippen molar-refractivity contribution in [3.05, 3.63) is 28.1 Å². The molecule has 0 radical (unpaired) electrons. The van der Waals surface area contributed by atoms with Crippen LogP contribution in [0.25, 0.3) is 10.9 Å². The van der Waals surface area contributed by atoms with E-state index >= 15 is 8.78 Å². The number of pyridine rings is 1. The summed E-state index contributed by atoms with van der Waals surface area (Å²) in [6.45, 7) is 1.84. The molecule has 2 aromatic rings. The molecule has 4 N–H and O–H groups in total. The number of rotatable bonds is 3. The Bertz CT molecular complexity index is 1100. The minimum Gasteiger partial charge on any atom is -0.449 e. The molecule has 160 valence electrons. The Morgan fingerprint density at radius 1 is 1.23 bits per heavy atom. The lowest BCUT2D eigenvalue weighted by Crippen LogP contribution is -2.40. The van der Waals surface area contributed by atoms with Gasteiger partial charge in [-0.1, -0.05) is 0 Å². The minimum atomic E-state index is -1.68. The largest absolute Gasteiger partial charge is 0.511 e. The van der Waals surface area contributed by atoms with Gasteiger partial charge in [0.15, 0.2) is 17.4 Å². The van der Waals surface area contributed by atoms with Crippen molar-refractivity contribution in [1.82, 2.24) is 9.88 Å². The molecule has 1 aliphatic carbocycles. The van der Waals surface area contributed by atoms with E-state index in [9.17, 15) is 9.59 Å². The first kappa shape index (κ1) is 19.1. The molecule has 1 saturated carbocycles. The van der Waals surface area contributed by atoms with Crippen molar-refractivity contribution in [2.75, 3.05) is 30.3 Å². The molecule has 0 spiro atoms. The number of carboxylic acid groups (broad SMARTS) is 1. The fraction of sp³-hybridized carbons (Fsp3) is 0.500. The molecular weight excluding hydrogens is 398 g/mol. The molecule has 2 aliphatic heterocycles. The van der Waals surface area contributed by atoms with Gasteiger partial charge in [-0.15, -0.1) is 0 Å². The zero-order valence-corrected chi connectivity index (χ0v) is 16.2. The number of fused-ring (bicyclic) bond motifs is 2. The highest BCUT2D eigenvalue weighted by atomic mass is 19.1. The van der Waals surface area contributed by atoms with Crippen LogP contribution in [0, 0.1) is 17.6 Å². The summed E-state index contributed by atoms with van der Waals surface area (Å²) in [4.78, 5) is 25.4. The molecule has 5 rings (SSSR count). The van der Waals surface area contributed by atoms with Gasteiger partial charge < -0.3 is 30.4 Å². The molecule has 30 heavy (non-hydrogen) atoms. The number of hydrogen-bond acceptors (Lipinski definition) is 6. The Labute approximate surface area is 170 Å². The van der Waals surface area contributed by atoms with Crippen LogP contribution in [0.3, 0.4) is 0 Å². The summed E-state index contributed by atoms with van der Waals surface area (Å²) in [6, 6.07) is 0.0331. The molecule has 2 atom stereocenters. The second kappa shape index (κ2) is 6.83. The van der Waals surface area contributed by atoms with E-state index in [4.69, 9.17) is 10.8 Å². The number of anilines is 2. The molecule has 3 aliphatic rings. The van der Waals surface area contributed by atoms with E-state index < -0.39 is 34.7 Å². The van der Waals surface area contributed by atoms with Crippen molar-refractivity contribution >= 4 is 28.4 Å². The van der Waals surface area contributed by atoms with Crippen LogP contribution in [-0.4, -0.2) is 41.5 Å². The molecule has 10 heteroatoms. The highest BCUT2D eigenvalue weighted by Gasteiger charge is 2.38. The molecule has 1 aromatic carbocycles. The van der Waals surface area contributed by atoms with Gasteiger partial charge in [0.05, 0.1) is 22.8 Å². The lowest BCUT2D eigenvalue weighted by atomic mass is 9.94. The van der Waals surface area contributed by atoms with Crippen molar-refractivity contribution in [3.8, 4) is 5.75 Å². The second-order valence-electron chi connectivity index (χ2n) is 8.31. The Morgan fingerprint density at radius 3 is 2.67 bits per heavy atom. The SMILES string of the molecule is Nc1c(F)c(N2C[C@@H]3CCCN[C@@H]3C2)c(F)c2c1c(=O)c(OC(=O)O)cn2C1CC1. The Hall–Kier alpha value is -2.88. The number of ether oxygens (including phenoxy) is 1. The van der Waals surface area contributed by atoms with Crippen LogP contribution < -0.4 is 26.1 Å². The van der Waals surface area contributed by atoms with Crippen LogP contribution in [0.5, 0.6) is 5.75 Å². The summed E-state index contributed by atoms with van der Waals surface area (Å²) in [5.41, 5.74) is 4.24. The molecule has 8 nitrogen and oxygen atoms in total. The van der Waals surface area contributed by atoms with Crippen molar-refractivity contribution in [2.45, 2.75) is 37.8 Å². The van der Waals surface area contributed by atoms with Crippen LogP contribution in [0.15, 0.2) is 11.0 Å². The number of nitrogens with one attached hydrogen (secondary N) is 1. The van der Waals surface area contributed by atoms with E-state index in [1.807, 2.05) is 0 Å². The first-order valence-electron chi connectivity index (χ1n) is 10.1. The number of hydrogen-bond donors (Lipinski definition) is 3. The average Bonchev–Trinajstić information content (AvgIpc) is 3.46. The maximum atomic E-state index is 15.8. The fourth-order valence-corrected chi connectivity index (χ4v) is 4.84. The van der Waals surface area contributed by atoms with Gasteiger partial charge in [-0.3, -0.25) is 4.79 Å². The van der Waals surface area contributed by atoms with E-state index in [1.54, 1.807) is 4.90 Å². The van der Waals surface area contributed by atoms with Crippen molar-refractivity contribution in [2.24, 2.45) is 5.92 Å². The number of benzene rings is 1. The smallest absolute Gasteiger partial charge is 0.449 e. The second-order valence-corrected chi connectivity index (χ2v) is 8.31. The van der Waals surface area contributed by atoms with Crippen LogP contribution >= 0.6 is 0 Å². The van der Waals surface area contributed by atoms with E-state index in [2.05, 4.69) is 10.1 Å². The van der Waals surface area contributed by atoms with E-state index in [0.29, 0.717) is 19.0 Å². The van der Waals surface area contributed by atoms with Crippen LogP contribution in [-0.2, 0) is 0 Å². The summed E-state index contributed by atoms with van der Waals surface area (Å²) in [6.07, 6.45) is 2.97. The zero-order valence-electron chi connectivity index (χ0n) is 16.2. The molecule has 0 amide bonds. The van der Waals surface area contributed by atoms with Crippen molar-refractivity contribution in [3.63, 3.8) is 0 Å². The van der Waals surface area contributed by atoms with Crippen molar-refractivity contribution < 1.29 is 23.4 Å². The summed E-state index contributed by atoms with van der Waals surface area (Å²) in [5.74, 6) is -2.06. The van der Waals surface area contributed by atoms with Gasteiger partial charge in [-0.05, 0) is 38.1 Å². The van der Waals surface area contributed by atoms with E-state index in [0.717, 1.165) is 32.2 Å². The topological polar surface area (TPSA) is 110 Å². The predicted octanol–water partition coefficient (Wildman–Crippen LogP) is 2.44. The van der Waals surface area contributed by atoms with Crippen LogP contribution in [0.1, 0.15) is 31.7 Å². The number of nitrogens with zero attached hydrogens (tertiary/aromatic N) is 2.